The molecule has 50 valence electrons. The van der Waals surface area contributed by atoms with Gasteiger partial charge in [-0.15, -0.1) is 0 Å². The van der Waals surface area contributed by atoms with Crippen LogP contribution in [0, 0.1) is 5.92 Å². The van der Waals surface area contributed by atoms with E-state index >= 15 is 0 Å². The molecule has 0 radical (unpaired) electrons. The normalized spacial score (nSPS) is 17.4. The van der Waals surface area contributed by atoms with E-state index in [0.717, 1.165) is 6.42 Å². The summed E-state index contributed by atoms with van der Waals surface area (Å²) in [4.78, 5) is 10.9. The predicted octanol–water partition coefficient (Wildman–Crippen LogP) is 1.93. The average Bonchev–Trinajstić information content (AvgIpc) is 2.50. The van der Waals surface area contributed by atoms with Crippen LogP contribution >= 0.6 is 0 Å². The first-order chi connectivity index (χ1) is 4.20. The molecule has 1 aliphatic carbocycles. The molecule has 0 atom stereocenters. The van der Waals surface area contributed by atoms with Crippen LogP contribution in [0.2, 0.25) is 0 Å². The van der Waals surface area contributed by atoms with Crippen LogP contribution in [0.15, 0.2) is 12.2 Å². The fourth-order valence-corrected chi connectivity index (χ4v) is 0.758. The van der Waals surface area contributed by atoms with Gasteiger partial charge in [-0.1, -0.05) is 6.58 Å². The summed E-state index contributed by atoms with van der Waals surface area (Å²) in [5, 5.41) is 0. The van der Waals surface area contributed by atoms with Gasteiger partial charge in [-0.3, -0.25) is 4.79 Å². The van der Waals surface area contributed by atoms with Crippen LogP contribution < -0.4 is 0 Å². The van der Waals surface area contributed by atoms with Gasteiger partial charge in [0.15, 0.2) is 5.78 Å². The topological polar surface area (TPSA) is 17.1 Å². The van der Waals surface area contributed by atoms with Gasteiger partial charge >= 0.3 is 0 Å². The van der Waals surface area contributed by atoms with Gasteiger partial charge in [-0.05, 0) is 31.3 Å². The predicted molar refractivity (Wildman–Crippen MR) is 37.2 cm³/mol. The Kier molecular flexibility index (Phi) is 1.70. The molecule has 0 bridgehead atoms. The van der Waals surface area contributed by atoms with Crippen molar-refractivity contribution in [3.8, 4) is 0 Å². The number of Topliss-reactive ketones (excluding diaryl/α,β-unsaturated/α-hetero) is 1. The monoisotopic (exact) mass is 124 g/mol. The standard InChI is InChI=1S/C8H12O/c1-6(2)8(9)5-7-3-4-7/h7H,1,3-5H2,2H3. The largest absolute Gasteiger partial charge is 0.295 e. The molecule has 0 saturated heterocycles. The number of hydrogen-bond acceptors (Lipinski definition) is 1. The molecule has 1 aliphatic rings. The van der Waals surface area contributed by atoms with Gasteiger partial charge in [0.25, 0.3) is 0 Å². The summed E-state index contributed by atoms with van der Waals surface area (Å²) in [5.41, 5.74) is 0.710. The van der Waals surface area contributed by atoms with Crippen molar-refractivity contribution in [2.45, 2.75) is 26.2 Å². The van der Waals surface area contributed by atoms with Gasteiger partial charge < -0.3 is 0 Å². The smallest absolute Gasteiger partial charge is 0.158 e. The van der Waals surface area contributed by atoms with E-state index in [4.69, 9.17) is 0 Å². The second kappa shape index (κ2) is 2.34. The number of ketones is 1. The number of rotatable bonds is 3. The highest BCUT2D eigenvalue weighted by molar-refractivity contribution is 5.94. The third-order valence-electron chi connectivity index (χ3n) is 1.65. The molecule has 0 aromatic heterocycles. The third kappa shape index (κ3) is 2.00. The molecule has 0 heterocycles. The van der Waals surface area contributed by atoms with Crippen LogP contribution in [0.25, 0.3) is 0 Å². The number of hydrogen-bond donors (Lipinski definition) is 0. The molecule has 1 nitrogen and oxygen atoms in total. The zero-order chi connectivity index (χ0) is 6.85. The molecule has 1 fully saturated rings. The Balaban J connectivity index is 2.25. The summed E-state index contributed by atoms with van der Waals surface area (Å²) in [6.07, 6.45) is 3.24. The summed E-state index contributed by atoms with van der Waals surface area (Å²) in [6, 6.07) is 0. The minimum absolute atomic E-state index is 0.248. The molecule has 0 spiro atoms. The summed E-state index contributed by atoms with van der Waals surface area (Å²) in [5.74, 6) is 0.951. The van der Waals surface area contributed by atoms with Gasteiger partial charge in [-0.25, -0.2) is 0 Å². The lowest BCUT2D eigenvalue weighted by Crippen LogP contribution is -1.98. The maximum absolute atomic E-state index is 10.9. The minimum atomic E-state index is 0.248. The van der Waals surface area contributed by atoms with Crippen LogP contribution in [0.3, 0.4) is 0 Å². The van der Waals surface area contributed by atoms with E-state index in [1.54, 1.807) is 6.92 Å². The first kappa shape index (κ1) is 6.53. The Morgan fingerprint density at radius 3 is 2.56 bits per heavy atom. The lowest BCUT2D eigenvalue weighted by atomic mass is 10.1. The molecule has 0 unspecified atom stereocenters. The number of carbonyl (C=O) groups excluding carboxylic acids is 1. The fraction of sp³-hybridized carbons (Fsp3) is 0.625. The van der Waals surface area contributed by atoms with Gasteiger partial charge in [-0.2, -0.15) is 0 Å². The summed E-state index contributed by atoms with van der Waals surface area (Å²) in [6.45, 7) is 5.37. The van der Waals surface area contributed by atoms with E-state index < -0.39 is 0 Å². The second-order valence-corrected chi connectivity index (χ2v) is 2.85. The molecule has 0 N–H and O–H groups in total. The fourth-order valence-electron chi connectivity index (χ4n) is 0.758. The maximum Gasteiger partial charge on any atom is 0.158 e. The van der Waals surface area contributed by atoms with E-state index in [9.17, 15) is 4.79 Å². The second-order valence-electron chi connectivity index (χ2n) is 2.85. The Morgan fingerprint density at radius 2 is 2.22 bits per heavy atom. The van der Waals surface area contributed by atoms with Crippen molar-refractivity contribution >= 4 is 5.78 Å². The van der Waals surface area contributed by atoms with Gasteiger partial charge in [0.1, 0.15) is 0 Å². The molecule has 1 rings (SSSR count). The van der Waals surface area contributed by atoms with Crippen LogP contribution in [-0.2, 0) is 4.79 Å². The molecule has 1 heteroatoms. The van der Waals surface area contributed by atoms with E-state index in [-0.39, 0.29) is 5.78 Å². The zero-order valence-corrected chi connectivity index (χ0v) is 5.81. The van der Waals surface area contributed by atoms with Crippen LogP contribution in [-0.4, -0.2) is 5.78 Å². The third-order valence-corrected chi connectivity index (χ3v) is 1.65. The van der Waals surface area contributed by atoms with E-state index in [1.807, 2.05) is 0 Å². The van der Waals surface area contributed by atoms with Crippen molar-refractivity contribution in [1.82, 2.24) is 0 Å². The van der Waals surface area contributed by atoms with Crippen molar-refractivity contribution in [3.05, 3.63) is 12.2 Å². The summed E-state index contributed by atoms with van der Waals surface area (Å²) >= 11 is 0. The first-order valence-electron chi connectivity index (χ1n) is 3.39. The van der Waals surface area contributed by atoms with Crippen LogP contribution in [0.1, 0.15) is 26.2 Å². The van der Waals surface area contributed by atoms with Gasteiger partial charge in [0.05, 0.1) is 0 Å². The minimum Gasteiger partial charge on any atom is -0.295 e. The van der Waals surface area contributed by atoms with Crippen molar-refractivity contribution < 1.29 is 4.79 Å². The van der Waals surface area contributed by atoms with Crippen LogP contribution in [0.5, 0.6) is 0 Å². The molecule has 0 aliphatic heterocycles. The van der Waals surface area contributed by atoms with E-state index in [0.29, 0.717) is 11.5 Å². The van der Waals surface area contributed by atoms with E-state index in [2.05, 4.69) is 6.58 Å². The van der Waals surface area contributed by atoms with Gasteiger partial charge in [0.2, 0.25) is 0 Å². The molecular formula is C8H12O. The van der Waals surface area contributed by atoms with E-state index in [1.165, 1.54) is 12.8 Å². The van der Waals surface area contributed by atoms with Gasteiger partial charge in [0, 0.05) is 6.42 Å². The Morgan fingerprint density at radius 1 is 1.67 bits per heavy atom. The highest BCUT2D eigenvalue weighted by Crippen LogP contribution is 2.33. The highest BCUT2D eigenvalue weighted by Gasteiger charge is 2.24. The average molecular weight is 124 g/mol. The molecule has 0 aromatic carbocycles. The highest BCUT2D eigenvalue weighted by atomic mass is 16.1. The Hall–Kier alpha value is -0.590. The molecule has 0 amide bonds. The quantitative estimate of drug-likeness (QED) is 0.525. The zero-order valence-electron chi connectivity index (χ0n) is 5.81. The summed E-state index contributed by atoms with van der Waals surface area (Å²) < 4.78 is 0. The van der Waals surface area contributed by atoms with Crippen molar-refractivity contribution in [2.24, 2.45) is 5.92 Å². The molecular weight excluding hydrogens is 112 g/mol. The Labute approximate surface area is 55.8 Å². The van der Waals surface area contributed by atoms with Crippen LogP contribution in [0.4, 0.5) is 0 Å². The molecule has 9 heavy (non-hydrogen) atoms. The lowest BCUT2D eigenvalue weighted by Gasteiger charge is -1.93. The SMILES string of the molecule is C=C(C)C(=O)CC1CC1. The summed E-state index contributed by atoms with van der Waals surface area (Å²) in [7, 11) is 0. The molecule has 0 aromatic rings. The Bertz CT molecular complexity index is 143. The van der Waals surface area contributed by atoms with Crippen molar-refractivity contribution in [3.63, 3.8) is 0 Å². The first-order valence-corrected chi connectivity index (χ1v) is 3.39. The lowest BCUT2D eigenvalue weighted by molar-refractivity contribution is -0.115. The maximum atomic E-state index is 10.9. The van der Waals surface area contributed by atoms with Crippen molar-refractivity contribution in [1.29, 1.82) is 0 Å². The number of allylic oxidation sites excluding steroid dienone is 1. The number of carbonyl (C=O) groups is 1. The van der Waals surface area contributed by atoms with Crippen molar-refractivity contribution in [2.75, 3.05) is 0 Å². The molecule has 1 saturated carbocycles.